The highest BCUT2D eigenvalue weighted by Crippen LogP contribution is 2.34. The van der Waals surface area contributed by atoms with Crippen LogP contribution in [0.3, 0.4) is 0 Å². The number of benzene rings is 2. The SMILES string of the molecule is COc1sc(-c2ccc3ccccc3c2)nc1C. The van der Waals surface area contributed by atoms with Gasteiger partial charge in [-0.25, -0.2) is 4.98 Å². The second-order valence-electron chi connectivity index (χ2n) is 4.16. The summed E-state index contributed by atoms with van der Waals surface area (Å²) in [5, 5.41) is 4.39. The number of hydrogen-bond acceptors (Lipinski definition) is 3. The summed E-state index contributed by atoms with van der Waals surface area (Å²) in [5.41, 5.74) is 2.09. The van der Waals surface area contributed by atoms with Gasteiger partial charge >= 0.3 is 0 Å². The molecule has 90 valence electrons. The summed E-state index contributed by atoms with van der Waals surface area (Å²) in [5.74, 6) is 0. The molecule has 0 N–H and O–H groups in total. The first kappa shape index (κ1) is 11.2. The maximum atomic E-state index is 5.29. The molecule has 0 fully saturated rings. The van der Waals surface area contributed by atoms with Crippen molar-refractivity contribution in [2.24, 2.45) is 0 Å². The highest BCUT2D eigenvalue weighted by atomic mass is 32.1. The van der Waals surface area contributed by atoms with Gasteiger partial charge in [0.2, 0.25) is 0 Å². The second kappa shape index (κ2) is 4.42. The first-order chi connectivity index (χ1) is 8.78. The average molecular weight is 255 g/mol. The average Bonchev–Trinajstić information content (AvgIpc) is 2.79. The molecule has 3 rings (SSSR count). The summed E-state index contributed by atoms with van der Waals surface area (Å²) in [6, 6.07) is 14.8. The third kappa shape index (κ3) is 1.87. The Bertz CT molecular complexity index is 703. The maximum absolute atomic E-state index is 5.29. The third-order valence-electron chi connectivity index (χ3n) is 2.94. The fraction of sp³-hybridized carbons (Fsp3) is 0.133. The largest absolute Gasteiger partial charge is 0.486 e. The molecule has 0 spiro atoms. The van der Waals surface area contributed by atoms with Crippen molar-refractivity contribution < 1.29 is 4.74 Å². The molecule has 1 heterocycles. The molecule has 0 aliphatic carbocycles. The minimum atomic E-state index is 0.887. The molecule has 0 atom stereocenters. The lowest BCUT2D eigenvalue weighted by molar-refractivity contribution is 0.423. The van der Waals surface area contributed by atoms with Crippen molar-refractivity contribution in [2.75, 3.05) is 7.11 Å². The summed E-state index contributed by atoms with van der Waals surface area (Å²) in [4.78, 5) is 4.55. The van der Waals surface area contributed by atoms with Crippen LogP contribution in [0, 0.1) is 6.92 Å². The van der Waals surface area contributed by atoms with Crippen LogP contribution >= 0.6 is 11.3 Å². The first-order valence-electron chi connectivity index (χ1n) is 5.78. The molecule has 0 unspecified atom stereocenters. The first-order valence-corrected chi connectivity index (χ1v) is 6.60. The number of fused-ring (bicyclic) bond motifs is 1. The fourth-order valence-corrected chi connectivity index (χ4v) is 2.90. The molecule has 0 bridgehead atoms. The Kier molecular flexibility index (Phi) is 2.76. The van der Waals surface area contributed by atoms with Crippen molar-refractivity contribution >= 4 is 22.1 Å². The molecular weight excluding hydrogens is 242 g/mol. The number of hydrogen-bond donors (Lipinski definition) is 0. The topological polar surface area (TPSA) is 22.1 Å². The van der Waals surface area contributed by atoms with Gasteiger partial charge in [0.15, 0.2) is 5.06 Å². The number of methoxy groups -OCH3 is 1. The van der Waals surface area contributed by atoms with Gasteiger partial charge in [-0.1, -0.05) is 47.7 Å². The van der Waals surface area contributed by atoms with Gasteiger partial charge in [-0.2, -0.15) is 0 Å². The van der Waals surface area contributed by atoms with Gasteiger partial charge < -0.3 is 4.74 Å². The molecule has 0 amide bonds. The number of rotatable bonds is 2. The molecule has 2 nitrogen and oxygen atoms in total. The van der Waals surface area contributed by atoms with Crippen LogP contribution in [-0.4, -0.2) is 12.1 Å². The fourth-order valence-electron chi connectivity index (χ4n) is 2.02. The highest BCUT2D eigenvalue weighted by Gasteiger charge is 2.09. The molecule has 0 radical (unpaired) electrons. The van der Waals surface area contributed by atoms with Gasteiger partial charge in [-0.3, -0.25) is 0 Å². The number of thiazole rings is 1. The number of aryl methyl sites for hydroxylation is 1. The van der Waals surface area contributed by atoms with E-state index in [-0.39, 0.29) is 0 Å². The van der Waals surface area contributed by atoms with E-state index in [1.807, 2.05) is 6.92 Å². The lowest BCUT2D eigenvalue weighted by Crippen LogP contribution is -1.80. The highest BCUT2D eigenvalue weighted by molar-refractivity contribution is 7.17. The van der Waals surface area contributed by atoms with E-state index in [2.05, 4.69) is 47.4 Å². The van der Waals surface area contributed by atoms with E-state index in [1.54, 1.807) is 18.4 Å². The van der Waals surface area contributed by atoms with Crippen LogP contribution in [0.2, 0.25) is 0 Å². The minimum Gasteiger partial charge on any atom is -0.486 e. The van der Waals surface area contributed by atoms with Crippen LogP contribution in [0.15, 0.2) is 42.5 Å². The predicted molar refractivity (Wildman–Crippen MR) is 76.3 cm³/mol. The second-order valence-corrected chi connectivity index (χ2v) is 5.12. The maximum Gasteiger partial charge on any atom is 0.197 e. The summed E-state index contributed by atoms with van der Waals surface area (Å²) in [7, 11) is 1.69. The lowest BCUT2D eigenvalue weighted by Gasteiger charge is -2.00. The molecule has 1 aromatic heterocycles. The van der Waals surface area contributed by atoms with E-state index < -0.39 is 0 Å². The van der Waals surface area contributed by atoms with E-state index in [0.29, 0.717) is 0 Å². The zero-order valence-electron chi connectivity index (χ0n) is 10.3. The standard InChI is InChI=1S/C15H13NOS/c1-10-15(17-2)18-14(16-10)13-8-7-11-5-3-4-6-12(11)9-13/h3-9H,1-2H3. The van der Waals surface area contributed by atoms with Crippen LogP contribution in [-0.2, 0) is 0 Å². The van der Waals surface area contributed by atoms with Gasteiger partial charge in [-0.15, -0.1) is 0 Å². The molecule has 3 aromatic rings. The summed E-state index contributed by atoms with van der Waals surface area (Å²) >= 11 is 1.59. The summed E-state index contributed by atoms with van der Waals surface area (Å²) in [6.45, 7) is 1.97. The van der Waals surface area contributed by atoms with Gasteiger partial charge in [0.25, 0.3) is 0 Å². The monoisotopic (exact) mass is 255 g/mol. The quantitative estimate of drug-likeness (QED) is 0.682. The van der Waals surface area contributed by atoms with E-state index in [0.717, 1.165) is 21.3 Å². The van der Waals surface area contributed by atoms with Crippen molar-refractivity contribution in [3.05, 3.63) is 48.2 Å². The van der Waals surface area contributed by atoms with Gasteiger partial charge in [-0.05, 0) is 23.8 Å². The zero-order valence-corrected chi connectivity index (χ0v) is 11.1. The van der Waals surface area contributed by atoms with Gasteiger partial charge in [0.1, 0.15) is 5.01 Å². The number of nitrogens with zero attached hydrogens (tertiary/aromatic N) is 1. The van der Waals surface area contributed by atoms with Crippen molar-refractivity contribution in [3.63, 3.8) is 0 Å². The molecule has 0 aliphatic heterocycles. The van der Waals surface area contributed by atoms with E-state index in [4.69, 9.17) is 4.74 Å². The molecule has 3 heteroatoms. The van der Waals surface area contributed by atoms with Crippen molar-refractivity contribution in [1.82, 2.24) is 4.98 Å². The molecule has 0 aliphatic rings. The third-order valence-corrected chi connectivity index (χ3v) is 4.10. The Morgan fingerprint density at radius 3 is 2.56 bits per heavy atom. The Hall–Kier alpha value is -1.87. The van der Waals surface area contributed by atoms with E-state index in [9.17, 15) is 0 Å². The molecule has 2 aromatic carbocycles. The van der Waals surface area contributed by atoms with Crippen molar-refractivity contribution in [2.45, 2.75) is 6.92 Å². The Balaban J connectivity index is 2.13. The van der Waals surface area contributed by atoms with E-state index in [1.165, 1.54) is 10.8 Å². The number of ether oxygens (including phenoxy) is 1. The molecular formula is C15H13NOS. The smallest absolute Gasteiger partial charge is 0.197 e. The molecule has 18 heavy (non-hydrogen) atoms. The van der Waals surface area contributed by atoms with Gasteiger partial charge in [0, 0.05) is 5.56 Å². The van der Waals surface area contributed by atoms with Crippen LogP contribution in [0.4, 0.5) is 0 Å². The Morgan fingerprint density at radius 1 is 1.06 bits per heavy atom. The predicted octanol–water partition coefficient (Wildman–Crippen LogP) is 4.28. The van der Waals surface area contributed by atoms with Crippen LogP contribution in [0.25, 0.3) is 21.3 Å². The minimum absolute atomic E-state index is 0.887. The lowest BCUT2D eigenvalue weighted by atomic mass is 10.1. The van der Waals surface area contributed by atoms with Crippen molar-refractivity contribution in [1.29, 1.82) is 0 Å². The van der Waals surface area contributed by atoms with E-state index >= 15 is 0 Å². The van der Waals surface area contributed by atoms with Crippen LogP contribution < -0.4 is 4.74 Å². The summed E-state index contributed by atoms with van der Waals surface area (Å²) < 4.78 is 5.29. The Morgan fingerprint density at radius 2 is 1.83 bits per heavy atom. The number of aromatic nitrogens is 1. The van der Waals surface area contributed by atoms with Crippen molar-refractivity contribution in [3.8, 4) is 15.6 Å². The molecule has 0 saturated carbocycles. The molecule has 0 saturated heterocycles. The normalized spacial score (nSPS) is 10.8. The zero-order chi connectivity index (χ0) is 12.5. The van der Waals surface area contributed by atoms with Gasteiger partial charge in [0.05, 0.1) is 12.8 Å². The van der Waals surface area contributed by atoms with Crippen LogP contribution in [0.1, 0.15) is 5.69 Å². The Labute approximate surface area is 110 Å². The van der Waals surface area contributed by atoms with Crippen LogP contribution in [0.5, 0.6) is 5.06 Å². The summed E-state index contributed by atoms with van der Waals surface area (Å²) in [6.07, 6.45) is 0.